The predicted molar refractivity (Wildman–Crippen MR) is 113 cm³/mol. The van der Waals surface area contributed by atoms with Crippen molar-refractivity contribution in [1.82, 2.24) is 34.7 Å². The minimum Gasteiger partial charge on any atom is -0.494 e. The van der Waals surface area contributed by atoms with Crippen LogP contribution >= 0.6 is 0 Å². The molecule has 0 saturated heterocycles. The highest BCUT2D eigenvalue weighted by Crippen LogP contribution is 2.14. The van der Waals surface area contributed by atoms with E-state index in [9.17, 15) is 0 Å². The Labute approximate surface area is 172 Å². The average Bonchev–Trinajstić information content (AvgIpc) is 3.30. The lowest BCUT2D eigenvalue weighted by Crippen LogP contribution is -2.20. The van der Waals surface area contributed by atoms with E-state index in [1.54, 1.807) is 0 Å². The zero-order valence-corrected chi connectivity index (χ0v) is 17.6. The van der Waals surface area contributed by atoms with Gasteiger partial charge in [0.2, 0.25) is 0 Å². The molecule has 2 N–H and O–H groups in total. The Bertz CT molecular complexity index is 820. The van der Waals surface area contributed by atoms with Crippen LogP contribution in [0.25, 0.3) is 0 Å². The van der Waals surface area contributed by atoms with Crippen LogP contribution in [0.4, 0.5) is 0 Å². The molecule has 3 aromatic heterocycles. The van der Waals surface area contributed by atoms with Gasteiger partial charge in [0.1, 0.15) is 5.75 Å². The quantitative estimate of drug-likeness (QED) is 0.452. The molecule has 8 nitrogen and oxygen atoms in total. The summed E-state index contributed by atoms with van der Waals surface area (Å²) in [5.74, 6) is 0.866. The van der Waals surface area contributed by atoms with Gasteiger partial charge < -0.3 is 24.5 Å². The molecule has 8 heteroatoms. The predicted octanol–water partition coefficient (Wildman–Crippen LogP) is 1.61. The molecule has 3 heterocycles. The lowest BCUT2D eigenvalue weighted by molar-refractivity contribution is 0.338. The van der Waals surface area contributed by atoms with E-state index in [-0.39, 0.29) is 0 Å². The topological polar surface area (TPSA) is 81.8 Å². The van der Waals surface area contributed by atoms with Gasteiger partial charge in [-0.3, -0.25) is 4.98 Å². The largest absolute Gasteiger partial charge is 0.494 e. The van der Waals surface area contributed by atoms with Crippen molar-refractivity contribution in [1.29, 1.82) is 0 Å². The summed E-state index contributed by atoms with van der Waals surface area (Å²) >= 11 is 0. The van der Waals surface area contributed by atoms with Gasteiger partial charge in [-0.05, 0) is 6.92 Å². The molecule has 29 heavy (non-hydrogen) atoms. The molecular weight excluding hydrogens is 366 g/mol. The number of nitrogens with one attached hydrogen (secondary N) is 2. The molecule has 0 bridgehead atoms. The molecular formula is C21H31N7O. The molecule has 156 valence electrons. The number of aromatic nitrogens is 5. The van der Waals surface area contributed by atoms with Crippen LogP contribution in [0.5, 0.6) is 5.75 Å². The Balaban J connectivity index is 1.48. The van der Waals surface area contributed by atoms with Gasteiger partial charge in [0.25, 0.3) is 0 Å². The average molecular weight is 398 g/mol. The molecule has 0 unspecified atom stereocenters. The van der Waals surface area contributed by atoms with E-state index >= 15 is 0 Å². The highest BCUT2D eigenvalue weighted by atomic mass is 16.5. The smallest absolute Gasteiger partial charge is 0.123 e. The Hall–Kier alpha value is -2.71. The van der Waals surface area contributed by atoms with Crippen LogP contribution in [0.3, 0.4) is 0 Å². The van der Waals surface area contributed by atoms with Gasteiger partial charge in [0, 0.05) is 77.6 Å². The number of aryl methyl sites for hydroxylation is 2. The van der Waals surface area contributed by atoms with Crippen LogP contribution in [-0.4, -0.2) is 43.8 Å². The maximum absolute atomic E-state index is 5.72. The first kappa shape index (κ1) is 21.0. The molecule has 0 spiro atoms. The van der Waals surface area contributed by atoms with Crippen molar-refractivity contribution in [2.24, 2.45) is 14.1 Å². The molecule has 0 aromatic carbocycles. The normalized spacial score (nSPS) is 11.1. The lowest BCUT2D eigenvalue weighted by Gasteiger charge is -2.11. The summed E-state index contributed by atoms with van der Waals surface area (Å²) in [7, 11) is 3.97. The summed E-state index contributed by atoms with van der Waals surface area (Å²) in [5.41, 5.74) is 4.15. The maximum Gasteiger partial charge on any atom is 0.123 e. The highest BCUT2D eigenvalue weighted by molar-refractivity contribution is 5.27. The fraction of sp³-hybridized carbons (Fsp3) is 0.476. The Morgan fingerprint density at radius 2 is 1.34 bits per heavy atom. The fourth-order valence-corrected chi connectivity index (χ4v) is 3.11. The van der Waals surface area contributed by atoms with Crippen molar-refractivity contribution in [3.05, 3.63) is 60.0 Å². The standard InChI is InChI=1S/C21H31N7O/c1-4-29-21-9-19(11-22-7-5-17-13-27(2)15-24-17)26-20(10-21)12-23-8-6-18-14-28(3)16-25-18/h9-10,13-16,22-23H,4-8,11-12H2,1-3H3. The van der Waals surface area contributed by atoms with E-state index in [0.29, 0.717) is 19.7 Å². The number of pyridine rings is 1. The molecule has 0 aliphatic rings. The molecule has 3 aromatic rings. The van der Waals surface area contributed by atoms with Crippen LogP contribution in [0.1, 0.15) is 29.7 Å². The van der Waals surface area contributed by atoms with E-state index < -0.39 is 0 Å². The van der Waals surface area contributed by atoms with E-state index in [1.165, 1.54) is 0 Å². The van der Waals surface area contributed by atoms with Crippen molar-refractivity contribution >= 4 is 0 Å². The van der Waals surface area contributed by atoms with Crippen LogP contribution in [0.15, 0.2) is 37.2 Å². The first-order valence-corrected chi connectivity index (χ1v) is 10.1. The van der Waals surface area contributed by atoms with Crippen molar-refractivity contribution in [2.75, 3.05) is 19.7 Å². The summed E-state index contributed by atoms with van der Waals surface area (Å²) in [4.78, 5) is 13.5. The lowest BCUT2D eigenvalue weighted by atomic mass is 10.2. The monoisotopic (exact) mass is 397 g/mol. The van der Waals surface area contributed by atoms with Gasteiger partial charge >= 0.3 is 0 Å². The highest BCUT2D eigenvalue weighted by Gasteiger charge is 2.05. The third-order valence-electron chi connectivity index (χ3n) is 4.46. The number of rotatable bonds is 12. The zero-order valence-electron chi connectivity index (χ0n) is 17.6. The van der Waals surface area contributed by atoms with Crippen molar-refractivity contribution in [2.45, 2.75) is 32.9 Å². The minimum atomic E-state index is 0.642. The molecule has 0 fully saturated rings. The molecule has 0 aliphatic carbocycles. The molecule has 0 radical (unpaired) electrons. The number of hydrogen-bond acceptors (Lipinski definition) is 6. The first-order valence-electron chi connectivity index (χ1n) is 10.1. The molecule has 0 atom stereocenters. The van der Waals surface area contributed by atoms with Gasteiger partial charge in [-0.25, -0.2) is 9.97 Å². The minimum absolute atomic E-state index is 0.642. The third-order valence-corrected chi connectivity index (χ3v) is 4.46. The summed E-state index contributed by atoms with van der Waals surface area (Å²) in [5, 5.41) is 6.90. The maximum atomic E-state index is 5.72. The Morgan fingerprint density at radius 1 is 0.828 bits per heavy atom. The second-order valence-corrected chi connectivity index (χ2v) is 7.13. The van der Waals surface area contributed by atoms with Gasteiger partial charge in [0.15, 0.2) is 0 Å². The third kappa shape index (κ3) is 6.99. The van der Waals surface area contributed by atoms with Crippen molar-refractivity contribution in [3.8, 4) is 5.75 Å². The molecule has 0 saturated carbocycles. The van der Waals surface area contributed by atoms with Crippen LogP contribution in [0, 0.1) is 0 Å². The van der Waals surface area contributed by atoms with E-state index in [0.717, 1.165) is 54.5 Å². The van der Waals surface area contributed by atoms with E-state index in [2.05, 4.69) is 20.6 Å². The molecule has 3 rings (SSSR count). The zero-order chi connectivity index (χ0) is 20.5. The van der Waals surface area contributed by atoms with Crippen molar-refractivity contribution < 1.29 is 4.74 Å². The summed E-state index contributed by atoms with van der Waals surface area (Å²) in [6.07, 6.45) is 9.54. The van der Waals surface area contributed by atoms with Gasteiger partial charge in [0.05, 0.1) is 42.0 Å². The Kier molecular flexibility index (Phi) is 7.77. The van der Waals surface area contributed by atoms with E-state index in [4.69, 9.17) is 9.72 Å². The van der Waals surface area contributed by atoms with Gasteiger partial charge in [-0.15, -0.1) is 0 Å². The van der Waals surface area contributed by atoms with E-state index in [1.807, 2.05) is 67.3 Å². The fourth-order valence-electron chi connectivity index (χ4n) is 3.11. The molecule has 0 amide bonds. The van der Waals surface area contributed by atoms with Crippen LogP contribution in [0.2, 0.25) is 0 Å². The molecule has 0 aliphatic heterocycles. The number of imidazole rings is 2. The van der Waals surface area contributed by atoms with Crippen LogP contribution in [-0.2, 0) is 40.0 Å². The number of ether oxygens (including phenoxy) is 1. The summed E-state index contributed by atoms with van der Waals surface area (Å²) in [6, 6.07) is 4.02. The second kappa shape index (κ2) is 10.7. The van der Waals surface area contributed by atoms with Crippen LogP contribution < -0.4 is 15.4 Å². The number of nitrogens with zero attached hydrogens (tertiary/aromatic N) is 5. The second-order valence-electron chi connectivity index (χ2n) is 7.13. The summed E-state index contributed by atoms with van der Waals surface area (Å²) < 4.78 is 9.66. The number of hydrogen-bond donors (Lipinski definition) is 2. The van der Waals surface area contributed by atoms with Crippen molar-refractivity contribution in [3.63, 3.8) is 0 Å². The first-order chi connectivity index (χ1) is 14.1. The Morgan fingerprint density at radius 3 is 1.76 bits per heavy atom. The SMILES string of the molecule is CCOc1cc(CNCCc2cn(C)cn2)nc(CNCCc2cn(C)cn2)c1. The summed E-state index contributed by atoms with van der Waals surface area (Å²) in [6.45, 7) is 5.76. The van der Waals surface area contributed by atoms with Gasteiger partial charge in [-0.2, -0.15) is 0 Å². The van der Waals surface area contributed by atoms with Gasteiger partial charge in [-0.1, -0.05) is 0 Å².